The third-order valence-electron chi connectivity index (χ3n) is 4.65. The van der Waals surface area contributed by atoms with Crippen molar-refractivity contribution in [3.05, 3.63) is 33.7 Å². The van der Waals surface area contributed by atoms with Crippen LogP contribution in [0.2, 0.25) is 0 Å². The Kier molecular flexibility index (Phi) is 4.59. The van der Waals surface area contributed by atoms with Crippen LogP contribution < -0.4 is 10.9 Å². The van der Waals surface area contributed by atoms with E-state index in [-0.39, 0.29) is 11.5 Å². The van der Waals surface area contributed by atoms with Crippen molar-refractivity contribution in [2.75, 3.05) is 39.3 Å². The molecule has 3 heterocycles. The van der Waals surface area contributed by atoms with Crippen molar-refractivity contribution in [2.24, 2.45) is 0 Å². The zero-order valence-electron chi connectivity index (χ0n) is 13.1. The number of carbonyl (C=O) groups is 1. The summed E-state index contributed by atoms with van der Waals surface area (Å²) >= 11 is 0. The van der Waals surface area contributed by atoms with Crippen LogP contribution in [-0.2, 0) is 6.42 Å². The summed E-state index contributed by atoms with van der Waals surface area (Å²) in [5.74, 6) is -0.0153. The standard InChI is InChI=1S/C16H24N4O2/c1-2-13-9-12(10-15(21)18-13)16(22)20-6-3-14(11-20)19-7-4-17-5-8-19/h9-10,14,17H,2-8,11H2,1H3,(H,18,21)/t14-/m1/s1. The molecule has 2 N–H and O–H groups in total. The molecule has 0 saturated carbocycles. The molecule has 6 heteroatoms. The molecule has 0 bridgehead atoms. The SMILES string of the molecule is CCc1cc(C(=O)N2CC[C@@H](N3CCNCC3)C2)cc(=O)[nH]1. The van der Waals surface area contributed by atoms with Crippen molar-refractivity contribution in [3.8, 4) is 0 Å². The van der Waals surface area contributed by atoms with E-state index < -0.39 is 0 Å². The van der Waals surface area contributed by atoms with Crippen molar-refractivity contribution in [2.45, 2.75) is 25.8 Å². The van der Waals surface area contributed by atoms with Gasteiger partial charge in [0.25, 0.3) is 5.91 Å². The number of rotatable bonds is 3. The second-order valence-corrected chi connectivity index (χ2v) is 6.09. The summed E-state index contributed by atoms with van der Waals surface area (Å²) in [5.41, 5.74) is 1.14. The molecule has 0 spiro atoms. The molecule has 1 aromatic rings. The number of hydrogen-bond acceptors (Lipinski definition) is 4. The fourth-order valence-electron chi connectivity index (χ4n) is 3.37. The van der Waals surface area contributed by atoms with Gasteiger partial charge in [0.05, 0.1) is 0 Å². The number of amides is 1. The van der Waals surface area contributed by atoms with Crippen LogP contribution in [0.4, 0.5) is 0 Å². The summed E-state index contributed by atoms with van der Waals surface area (Å²) in [5, 5.41) is 3.36. The van der Waals surface area contributed by atoms with Crippen molar-refractivity contribution in [3.63, 3.8) is 0 Å². The molecule has 2 aliphatic heterocycles. The number of H-pyrrole nitrogens is 1. The molecule has 0 unspecified atom stereocenters. The average molecular weight is 304 g/mol. The second kappa shape index (κ2) is 6.62. The number of carbonyl (C=O) groups excluding carboxylic acids is 1. The van der Waals surface area contributed by atoms with Gasteiger partial charge in [0.15, 0.2) is 0 Å². The maximum atomic E-state index is 12.6. The fourth-order valence-corrected chi connectivity index (χ4v) is 3.37. The van der Waals surface area contributed by atoms with Gasteiger partial charge in [-0.1, -0.05) is 6.92 Å². The Hall–Kier alpha value is -1.66. The molecular formula is C16H24N4O2. The van der Waals surface area contributed by atoms with Crippen LogP contribution in [0.3, 0.4) is 0 Å². The van der Waals surface area contributed by atoms with Crippen molar-refractivity contribution < 1.29 is 4.79 Å². The molecule has 1 atom stereocenters. The Balaban J connectivity index is 1.68. The van der Waals surface area contributed by atoms with E-state index in [9.17, 15) is 9.59 Å². The quantitative estimate of drug-likeness (QED) is 0.828. The summed E-state index contributed by atoms with van der Waals surface area (Å²) in [6, 6.07) is 3.68. The van der Waals surface area contributed by atoms with Gasteiger partial charge in [0.2, 0.25) is 5.56 Å². The zero-order chi connectivity index (χ0) is 15.5. The Morgan fingerprint density at radius 2 is 2.05 bits per heavy atom. The van der Waals surface area contributed by atoms with Crippen LogP contribution in [0, 0.1) is 0 Å². The normalized spacial score (nSPS) is 23.0. The van der Waals surface area contributed by atoms with Gasteiger partial charge in [-0.25, -0.2) is 0 Å². The highest BCUT2D eigenvalue weighted by molar-refractivity contribution is 5.94. The van der Waals surface area contributed by atoms with Crippen molar-refractivity contribution in [1.82, 2.24) is 20.1 Å². The number of piperazine rings is 1. The number of nitrogens with one attached hydrogen (secondary N) is 2. The summed E-state index contributed by atoms with van der Waals surface area (Å²) in [7, 11) is 0. The number of hydrogen-bond donors (Lipinski definition) is 2. The van der Waals surface area contributed by atoms with Gasteiger partial charge in [-0.2, -0.15) is 0 Å². The van der Waals surface area contributed by atoms with Gasteiger partial charge in [-0.15, -0.1) is 0 Å². The molecule has 0 aromatic carbocycles. The molecular weight excluding hydrogens is 280 g/mol. The van der Waals surface area contributed by atoms with Crippen LogP contribution >= 0.6 is 0 Å². The lowest BCUT2D eigenvalue weighted by Crippen LogP contribution is -2.49. The molecule has 22 heavy (non-hydrogen) atoms. The summed E-state index contributed by atoms with van der Waals surface area (Å²) in [6.07, 6.45) is 1.75. The predicted molar refractivity (Wildman–Crippen MR) is 85.2 cm³/mol. The molecule has 0 radical (unpaired) electrons. The Bertz CT molecular complexity index is 592. The molecule has 3 rings (SSSR count). The number of aromatic amines is 1. The molecule has 2 aliphatic rings. The van der Waals surface area contributed by atoms with Crippen molar-refractivity contribution in [1.29, 1.82) is 0 Å². The van der Waals surface area contributed by atoms with Gasteiger partial charge >= 0.3 is 0 Å². The first kappa shape index (κ1) is 15.2. The first-order chi connectivity index (χ1) is 10.7. The number of aromatic nitrogens is 1. The Morgan fingerprint density at radius 1 is 1.27 bits per heavy atom. The van der Waals surface area contributed by atoms with Crippen LogP contribution in [0.25, 0.3) is 0 Å². The highest BCUT2D eigenvalue weighted by Gasteiger charge is 2.31. The summed E-state index contributed by atoms with van der Waals surface area (Å²) in [4.78, 5) is 31.4. The molecule has 1 amide bonds. The van der Waals surface area contributed by atoms with Crippen molar-refractivity contribution >= 4 is 5.91 Å². The predicted octanol–water partition coefficient (Wildman–Crippen LogP) is 0.0570. The summed E-state index contributed by atoms with van der Waals surface area (Å²) < 4.78 is 0. The zero-order valence-corrected chi connectivity index (χ0v) is 13.1. The second-order valence-electron chi connectivity index (χ2n) is 6.09. The third-order valence-corrected chi connectivity index (χ3v) is 4.65. The molecule has 1 aromatic heterocycles. The van der Waals surface area contributed by atoms with E-state index in [1.807, 2.05) is 17.9 Å². The van der Waals surface area contributed by atoms with E-state index in [1.165, 1.54) is 6.07 Å². The van der Waals surface area contributed by atoms with Gasteiger partial charge in [0.1, 0.15) is 0 Å². The minimum atomic E-state index is -0.194. The first-order valence-electron chi connectivity index (χ1n) is 8.14. The fraction of sp³-hybridized carbons (Fsp3) is 0.625. The highest BCUT2D eigenvalue weighted by atomic mass is 16.2. The van der Waals surface area contributed by atoms with Crippen LogP contribution in [-0.4, -0.2) is 66.0 Å². The van der Waals surface area contributed by atoms with E-state index in [2.05, 4.69) is 15.2 Å². The maximum absolute atomic E-state index is 12.6. The van der Waals surface area contributed by atoms with Crippen LogP contribution in [0.15, 0.2) is 16.9 Å². The lowest BCUT2D eigenvalue weighted by molar-refractivity contribution is 0.0773. The lowest BCUT2D eigenvalue weighted by Gasteiger charge is -2.32. The average Bonchev–Trinajstić information content (AvgIpc) is 3.04. The Morgan fingerprint density at radius 3 is 2.77 bits per heavy atom. The molecule has 2 fully saturated rings. The molecule has 0 aliphatic carbocycles. The van der Waals surface area contributed by atoms with E-state index >= 15 is 0 Å². The number of aryl methyl sites for hydroxylation is 1. The first-order valence-corrected chi connectivity index (χ1v) is 8.14. The van der Waals surface area contributed by atoms with Crippen LogP contribution in [0.5, 0.6) is 0 Å². The molecule has 120 valence electrons. The van der Waals surface area contributed by atoms with Gasteiger partial charge in [0, 0.05) is 62.6 Å². The third kappa shape index (κ3) is 3.23. The van der Waals surface area contributed by atoms with Crippen LogP contribution in [0.1, 0.15) is 29.4 Å². The monoisotopic (exact) mass is 304 g/mol. The lowest BCUT2D eigenvalue weighted by atomic mass is 10.2. The maximum Gasteiger partial charge on any atom is 0.254 e. The van der Waals surface area contributed by atoms with Gasteiger partial charge in [-0.3, -0.25) is 14.5 Å². The minimum absolute atomic E-state index is 0.0153. The summed E-state index contributed by atoms with van der Waals surface area (Å²) in [6.45, 7) is 7.68. The van der Waals surface area contributed by atoms with Gasteiger partial charge in [-0.05, 0) is 18.9 Å². The Labute approximate surface area is 130 Å². The largest absolute Gasteiger partial charge is 0.337 e. The highest BCUT2D eigenvalue weighted by Crippen LogP contribution is 2.18. The van der Waals surface area contributed by atoms with E-state index in [4.69, 9.17) is 0 Å². The van der Waals surface area contributed by atoms with E-state index in [0.29, 0.717) is 11.6 Å². The smallest absolute Gasteiger partial charge is 0.254 e. The number of nitrogens with zero attached hydrogens (tertiary/aromatic N) is 2. The van der Waals surface area contributed by atoms with E-state index in [0.717, 1.165) is 57.8 Å². The van der Waals surface area contributed by atoms with Gasteiger partial charge < -0.3 is 15.2 Å². The van der Waals surface area contributed by atoms with E-state index in [1.54, 1.807) is 0 Å². The number of likely N-dealkylation sites (tertiary alicyclic amines) is 1. The molecule has 6 nitrogen and oxygen atoms in total. The molecule has 2 saturated heterocycles. The number of pyridine rings is 1. The minimum Gasteiger partial charge on any atom is -0.337 e. The topological polar surface area (TPSA) is 68.4 Å².